The molecule has 0 aliphatic carbocycles. The van der Waals surface area contributed by atoms with Crippen molar-refractivity contribution in [3.05, 3.63) is 0 Å². The zero-order valence-electron chi connectivity index (χ0n) is 6.57. The molecule has 0 amide bonds. The minimum Gasteiger partial charge on any atom is -0.317 e. The van der Waals surface area contributed by atoms with Crippen LogP contribution in [0.15, 0.2) is 0 Å². The van der Waals surface area contributed by atoms with Crippen LogP contribution in [-0.2, 0) is 0 Å². The second-order valence-electron chi connectivity index (χ2n) is 3.57. The van der Waals surface area contributed by atoms with E-state index < -0.39 is 0 Å². The fourth-order valence-corrected chi connectivity index (χ4v) is 0.698. The van der Waals surface area contributed by atoms with Crippen molar-refractivity contribution in [1.29, 1.82) is 0 Å². The van der Waals surface area contributed by atoms with Gasteiger partial charge < -0.3 is 5.21 Å². The quantitative estimate of drug-likeness (QED) is 0.452. The van der Waals surface area contributed by atoms with Gasteiger partial charge in [-0.05, 0) is 18.3 Å². The Labute approximate surface area is 57.2 Å². The van der Waals surface area contributed by atoms with E-state index in [1.807, 2.05) is 0 Å². The molecule has 2 N–H and O–H groups in total. The van der Waals surface area contributed by atoms with Crippen molar-refractivity contribution in [2.75, 3.05) is 6.54 Å². The van der Waals surface area contributed by atoms with Crippen LogP contribution in [0.5, 0.6) is 0 Å². The van der Waals surface area contributed by atoms with Gasteiger partial charge in [-0.15, -0.1) is 0 Å². The van der Waals surface area contributed by atoms with Gasteiger partial charge in [-0.2, -0.15) is 0 Å². The lowest BCUT2D eigenvalue weighted by Gasteiger charge is -2.16. The summed E-state index contributed by atoms with van der Waals surface area (Å²) in [6.07, 6.45) is 2.20. The Morgan fingerprint density at radius 1 is 1.33 bits per heavy atom. The lowest BCUT2D eigenvalue weighted by molar-refractivity contribution is 0.160. The maximum absolute atomic E-state index is 8.21. The Hall–Kier alpha value is -0.0800. The summed E-state index contributed by atoms with van der Waals surface area (Å²) in [6, 6.07) is 0. The summed E-state index contributed by atoms with van der Waals surface area (Å²) in [4.78, 5) is 0. The second kappa shape index (κ2) is 3.85. The Balaban J connectivity index is 3.07. The molecule has 0 aliphatic rings. The Kier molecular flexibility index (Phi) is 3.82. The first-order chi connectivity index (χ1) is 4.06. The standard InChI is InChI=1S/C7H17NO/c1-7(2,3)5-4-6-8-9/h8-9H,4-6H2,1-3H3. The van der Waals surface area contributed by atoms with Crippen LogP contribution >= 0.6 is 0 Å². The van der Waals surface area contributed by atoms with Crippen LogP contribution < -0.4 is 5.48 Å². The van der Waals surface area contributed by atoms with E-state index in [0.717, 1.165) is 12.8 Å². The highest BCUT2D eigenvalue weighted by atomic mass is 16.5. The third kappa shape index (κ3) is 7.92. The van der Waals surface area contributed by atoms with Crippen molar-refractivity contribution in [1.82, 2.24) is 5.48 Å². The SMILES string of the molecule is CC(C)(C)CCCNO. The van der Waals surface area contributed by atoms with Crippen LogP contribution in [0.25, 0.3) is 0 Å². The lowest BCUT2D eigenvalue weighted by atomic mass is 9.91. The van der Waals surface area contributed by atoms with Gasteiger partial charge in [-0.25, -0.2) is 5.48 Å². The number of rotatable bonds is 3. The molecule has 0 radical (unpaired) electrons. The van der Waals surface area contributed by atoms with Gasteiger partial charge in [0.25, 0.3) is 0 Å². The maximum Gasteiger partial charge on any atom is 0.0207 e. The van der Waals surface area contributed by atoms with Crippen molar-refractivity contribution in [3.8, 4) is 0 Å². The summed E-state index contributed by atoms with van der Waals surface area (Å²) < 4.78 is 0. The van der Waals surface area contributed by atoms with E-state index in [0.29, 0.717) is 12.0 Å². The van der Waals surface area contributed by atoms with Crippen molar-refractivity contribution >= 4 is 0 Å². The normalized spacial score (nSPS) is 12.0. The molecule has 0 aliphatic heterocycles. The summed E-state index contributed by atoms with van der Waals surface area (Å²) in [6.45, 7) is 7.30. The molecule has 0 heterocycles. The molecule has 0 bridgehead atoms. The highest BCUT2D eigenvalue weighted by molar-refractivity contribution is 4.60. The lowest BCUT2D eigenvalue weighted by Crippen LogP contribution is -2.12. The summed E-state index contributed by atoms with van der Waals surface area (Å²) in [5, 5.41) is 8.21. The molecule has 0 saturated heterocycles. The average Bonchev–Trinajstić information content (AvgIpc) is 1.63. The summed E-state index contributed by atoms with van der Waals surface area (Å²) in [7, 11) is 0. The van der Waals surface area contributed by atoms with E-state index in [4.69, 9.17) is 5.21 Å². The first-order valence-corrected chi connectivity index (χ1v) is 3.43. The predicted octanol–water partition coefficient (Wildman–Crippen LogP) is 1.79. The Morgan fingerprint density at radius 3 is 2.22 bits per heavy atom. The van der Waals surface area contributed by atoms with E-state index in [1.54, 1.807) is 0 Å². The van der Waals surface area contributed by atoms with Gasteiger partial charge >= 0.3 is 0 Å². The molecular weight excluding hydrogens is 114 g/mol. The van der Waals surface area contributed by atoms with Gasteiger partial charge in [0.2, 0.25) is 0 Å². The van der Waals surface area contributed by atoms with Gasteiger partial charge in [0.05, 0.1) is 0 Å². The largest absolute Gasteiger partial charge is 0.317 e. The van der Waals surface area contributed by atoms with Gasteiger partial charge in [0.15, 0.2) is 0 Å². The highest BCUT2D eigenvalue weighted by Gasteiger charge is 2.07. The molecular formula is C7H17NO. The molecule has 0 fully saturated rings. The smallest absolute Gasteiger partial charge is 0.0207 e. The Bertz CT molecular complexity index is 65.8. The van der Waals surface area contributed by atoms with Crippen LogP contribution in [0.1, 0.15) is 33.6 Å². The molecule has 0 rings (SSSR count). The molecule has 0 aromatic heterocycles. The Morgan fingerprint density at radius 2 is 1.89 bits per heavy atom. The number of hydrogen-bond donors (Lipinski definition) is 2. The molecule has 2 nitrogen and oxygen atoms in total. The van der Waals surface area contributed by atoms with Crippen molar-refractivity contribution in [2.45, 2.75) is 33.6 Å². The maximum atomic E-state index is 8.21. The zero-order valence-corrected chi connectivity index (χ0v) is 6.57. The number of hydroxylamine groups is 1. The monoisotopic (exact) mass is 131 g/mol. The van der Waals surface area contributed by atoms with E-state index in [9.17, 15) is 0 Å². The van der Waals surface area contributed by atoms with Gasteiger partial charge in [-0.1, -0.05) is 20.8 Å². The van der Waals surface area contributed by atoms with E-state index in [-0.39, 0.29) is 0 Å². The first kappa shape index (κ1) is 8.92. The van der Waals surface area contributed by atoms with Gasteiger partial charge in [0.1, 0.15) is 0 Å². The number of nitrogens with one attached hydrogen (secondary N) is 1. The predicted molar refractivity (Wildman–Crippen MR) is 38.5 cm³/mol. The van der Waals surface area contributed by atoms with Crippen molar-refractivity contribution < 1.29 is 5.21 Å². The molecule has 0 atom stereocenters. The van der Waals surface area contributed by atoms with Crippen molar-refractivity contribution in [2.24, 2.45) is 5.41 Å². The molecule has 0 aromatic rings. The first-order valence-electron chi connectivity index (χ1n) is 3.43. The summed E-state index contributed by atoms with van der Waals surface area (Å²) in [5.41, 5.74) is 2.54. The second-order valence-corrected chi connectivity index (χ2v) is 3.57. The fraction of sp³-hybridized carbons (Fsp3) is 1.00. The molecule has 56 valence electrons. The molecule has 0 unspecified atom stereocenters. The van der Waals surface area contributed by atoms with Gasteiger partial charge in [0, 0.05) is 6.54 Å². The van der Waals surface area contributed by atoms with E-state index >= 15 is 0 Å². The molecule has 0 spiro atoms. The van der Waals surface area contributed by atoms with E-state index in [2.05, 4.69) is 26.3 Å². The average molecular weight is 131 g/mol. The van der Waals surface area contributed by atoms with Gasteiger partial charge in [-0.3, -0.25) is 0 Å². The summed E-state index contributed by atoms with van der Waals surface area (Å²) in [5.74, 6) is 0. The van der Waals surface area contributed by atoms with Crippen LogP contribution in [-0.4, -0.2) is 11.8 Å². The van der Waals surface area contributed by atoms with Crippen LogP contribution in [0.2, 0.25) is 0 Å². The molecule has 0 aromatic carbocycles. The minimum atomic E-state index is 0.400. The third-order valence-electron chi connectivity index (χ3n) is 1.22. The zero-order chi connectivity index (χ0) is 7.33. The molecule has 2 heteroatoms. The highest BCUT2D eigenvalue weighted by Crippen LogP contribution is 2.19. The van der Waals surface area contributed by atoms with Crippen LogP contribution in [0.4, 0.5) is 0 Å². The number of hydrogen-bond acceptors (Lipinski definition) is 2. The van der Waals surface area contributed by atoms with Crippen molar-refractivity contribution in [3.63, 3.8) is 0 Å². The minimum absolute atomic E-state index is 0.400. The van der Waals surface area contributed by atoms with Crippen LogP contribution in [0.3, 0.4) is 0 Å². The van der Waals surface area contributed by atoms with E-state index in [1.165, 1.54) is 0 Å². The molecule has 0 saturated carbocycles. The third-order valence-corrected chi connectivity index (χ3v) is 1.22. The topological polar surface area (TPSA) is 32.3 Å². The molecule has 9 heavy (non-hydrogen) atoms. The fourth-order valence-electron chi connectivity index (χ4n) is 0.698. The van der Waals surface area contributed by atoms with Crippen LogP contribution in [0, 0.1) is 5.41 Å². The summed E-state index contributed by atoms with van der Waals surface area (Å²) >= 11 is 0.